The number of benzene rings is 1. The molecule has 0 saturated heterocycles. The molecule has 0 aliphatic carbocycles. The second-order valence-corrected chi connectivity index (χ2v) is 2.63. The van der Waals surface area contributed by atoms with Crippen molar-refractivity contribution in [3.05, 3.63) is 23.8 Å². The number of hydrogen-bond acceptors (Lipinski definition) is 3. The number of nitrogens with one attached hydrogen (secondary N) is 2. The highest BCUT2D eigenvalue weighted by Gasteiger charge is 2.08. The van der Waals surface area contributed by atoms with Gasteiger partial charge in [-0.2, -0.15) is 0 Å². The van der Waals surface area contributed by atoms with E-state index in [0.717, 1.165) is 5.69 Å². The molecular weight excluding hydrogens is 166 g/mol. The number of amides is 1. The second kappa shape index (κ2) is 3.80. The Morgan fingerprint density at radius 1 is 1.38 bits per heavy atom. The number of hydrogen-bond donors (Lipinski definition) is 3. The summed E-state index contributed by atoms with van der Waals surface area (Å²) in [5.41, 5.74) is 7.54. The smallest absolute Gasteiger partial charge is 0.253 e. The molecule has 0 aliphatic rings. The lowest BCUT2D eigenvalue weighted by Gasteiger charge is -2.08. The van der Waals surface area contributed by atoms with Crippen LogP contribution in [0, 0.1) is 0 Å². The zero-order chi connectivity index (χ0) is 9.84. The van der Waals surface area contributed by atoms with Gasteiger partial charge < -0.3 is 16.4 Å². The Morgan fingerprint density at radius 2 is 2.08 bits per heavy atom. The van der Waals surface area contributed by atoms with Gasteiger partial charge >= 0.3 is 0 Å². The fourth-order valence-electron chi connectivity index (χ4n) is 1.10. The molecule has 0 aromatic heterocycles. The summed E-state index contributed by atoms with van der Waals surface area (Å²) in [5, 5.41) is 5.47. The summed E-state index contributed by atoms with van der Waals surface area (Å²) >= 11 is 0. The van der Waals surface area contributed by atoms with Crippen LogP contribution in [0.15, 0.2) is 18.2 Å². The van der Waals surface area contributed by atoms with E-state index in [1.54, 1.807) is 32.3 Å². The maximum absolute atomic E-state index is 11.3. The highest BCUT2D eigenvalue weighted by atomic mass is 16.1. The third-order valence-corrected chi connectivity index (χ3v) is 1.78. The van der Waals surface area contributed by atoms with Crippen LogP contribution in [0.5, 0.6) is 0 Å². The van der Waals surface area contributed by atoms with Gasteiger partial charge in [0, 0.05) is 25.5 Å². The summed E-state index contributed by atoms with van der Waals surface area (Å²) < 4.78 is 0. The van der Waals surface area contributed by atoms with Crippen LogP contribution in [0.2, 0.25) is 0 Å². The number of anilines is 2. The Kier molecular flexibility index (Phi) is 2.74. The van der Waals surface area contributed by atoms with Crippen LogP contribution in [0.25, 0.3) is 0 Å². The van der Waals surface area contributed by atoms with Gasteiger partial charge in [0.1, 0.15) is 0 Å². The molecule has 0 atom stereocenters. The Bertz CT molecular complexity index is 323. The zero-order valence-corrected chi connectivity index (χ0v) is 7.72. The highest BCUT2D eigenvalue weighted by molar-refractivity contribution is 6.00. The lowest BCUT2D eigenvalue weighted by Crippen LogP contribution is -2.19. The molecule has 0 radical (unpaired) electrons. The first kappa shape index (κ1) is 9.38. The highest BCUT2D eigenvalue weighted by Crippen LogP contribution is 2.18. The third kappa shape index (κ3) is 1.90. The molecule has 0 aliphatic heterocycles. The van der Waals surface area contributed by atoms with E-state index in [9.17, 15) is 4.79 Å². The van der Waals surface area contributed by atoms with Crippen molar-refractivity contribution in [3.8, 4) is 0 Å². The van der Waals surface area contributed by atoms with E-state index in [2.05, 4.69) is 10.6 Å². The largest absolute Gasteiger partial charge is 0.399 e. The van der Waals surface area contributed by atoms with E-state index in [-0.39, 0.29) is 5.91 Å². The number of carbonyl (C=O) groups is 1. The Labute approximate surface area is 77.1 Å². The first-order chi connectivity index (χ1) is 6.19. The van der Waals surface area contributed by atoms with Gasteiger partial charge in [0.25, 0.3) is 5.91 Å². The lowest BCUT2D eigenvalue weighted by atomic mass is 10.1. The van der Waals surface area contributed by atoms with Gasteiger partial charge in [0.2, 0.25) is 0 Å². The summed E-state index contributed by atoms with van der Waals surface area (Å²) in [5.74, 6) is -0.121. The van der Waals surface area contributed by atoms with Crippen LogP contribution >= 0.6 is 0 Å². The van der Waals surface area contributed by atoms with Crippen LogP contribution in [0.4, 0.5) is 11.4 Å². The molecule has 4 nitrogen and oxygen atoms in total. The van der Waals surface area contributed by atoms with Gasteiger partial charge in [0.05, 0.1) is 5.56 Å². The molecule has 0 heterocycles. The minimum atomic E-state index is -0.121. The number of nitrogens with two attached hydrogens (primary N) is 1. The first-order valence-electron chi connectivity index (χ1n) is 3.98. The molecular formula is C9H13N3O. The summed E-state index contributed by atoms with van der Waals surface area (Å²) in [4.78, 5) is 11.3. The Balaban J connectivity index is 3.13. The Morgan fingerprint density at radius 3 is 2.62 bits per heavy atom. The molecule has 70 valence electrons. The van der Waals surface area contributed by atoms with Crippen LogP contribution in [-0.2, 0) is 0 Å². The van der Waals surface area contributed by atoms with E-state index >= 15 is 0 Å². The average molecular weight is 179 g/mol. The number of nitrogen functional groups attached to an aromatic ring is 1. The molecule has 0 unspecified atom stereocenters. The molecule has 0 bridgehead atoms. The molecule has 1 amide bonds. The van der Waals surface area contributed by atoms with Gasteiger partial charge in [-0.15, -0.1) is 0 Å². The molecule has 0 spiro atoms. The van der Waals surface area contributed by atoms with Gasteiger partial charge in [-0.05, 0) is 18.2 Å². The third-order valence-electron chi connectivity index (χ3n) is 1.78. The van der Waals surface area contributed by atoms with Gasteiger partial charge in [-0.25, -0.2) is 0 Å². The van der Waals surface area contributed by atoms with E-state index < -0.39 is 0 Å². The maximum Gasteiger partial charge on any atom is 0.253 e. The summed E-state index contributed by atoms with van der Waals surface area (Å²) in [6, 6.07) is 5.12. The van der Waals surface area contributed by atoms with Crippen LogP contribution in [0.1, 0.15) is 10.4 Å². The molecule has 1 rings (SSSR count). The number of carbonyl (C=O) groups excluding carboxylic acids is 1. The van der Waals surface area contributed by atoms with Crippen molar-refractivity contribution in [3.63, 3.8) is 0 Å². The van der Waals surface area contributed by atoms with Crippen molar-refractivity contribution < 1.29 is 4.79 Å². The monoisotopic (exact) mass is 179 g/mol. The quantitative estimate of drug-likeness (QED) is 0.584. The first-order valence-corrected chi connectivity index (χ1v) is 3.98. The lowest BCUT2D eigenvalue weighted by molar-refractivity contribution is 0.0964. The molecule has 1 aromatic carbocycles. The maximum atomic E-state index is 11.3. The van der Waals surface area contributed by atoms with Crippen molar-refractivity contribution in [1.29, 1.82) is 0 Å². The predicted molar refractivity (Wildman–Crippen MR) is 53.8 cm³/mol. The SMILES string of the molecule is CNC(=O)c1ccc(N)cc1NC. The summed E-state index contributed by atoms with van der Waals surface area (Å²) in [7, 11) is 3.35. The second-order valence-electron chi connectivity index (χ2n) is 2.63. The predicted octanol–water partition coefficient (Wildman–Crippen LogP) is 0.670. The van der Waals surface area contributed by atoms with Crippen LogP contribution < -0.4 is 16.4 Å². The molecule has 4 N–H and O–H groups in total. The van der Waals surface area contributed by atoms with E-state index in [1.165, 1.54) is 0 Å². The summed E-state index contributed by atoms with van der Waals surface area (Å²) in [6.45, 7) is 0. The van der Waals surface area contributed by atoms with E-state index in [0.29, 0.717) is 11.3 Å². The Hall–Kier alpha value is -1.71. The van der Waals surface area contributed by atoms with Crippen LogP contribution in [-0.4, -0.2) is 20.0 Å². The van der Waals surface area contributed by atoms with Crippen LogP contribution in [0.3, 0.4) is 0 Å². The van der Waals surface area contributed by atoms with Crippen molar-refractivity contribution in [2.75, 3.05) is 25.1 Å². The minimum Gasteiger partial charge on any atom is -0.399 e. The normalized spacial score (nSPS) is 9.38. The fraction of sp³-hybridized carbons (Fsp3) is 0.222. The van der Waals surface area contributed by atoms with Gasteiger partial charge in [-0.1, -0.05) is 0 Å². The van der Waals surface area contributed by atoms with E-state index in [1.807, 2.05) is 0 Å². The van der Waals surface area contributed by atoms with Crippen molar-refractivity contribution in [1.82, 2.24) is 5.32 Å². The molecule has 1 aromatic rings. The molecule has 0 saturated carbocycles. The average Bonchev–Trinajstić information content (AvgIpc) is 2.16. The van der Waals surface area contributed by atoms with Gasteiger partial charge in [-0.3, -0.25) is 4.79 Å². The topological polar surface area (TPSA) is 67.2 Å². The minimum absolute atomic E-state index is 0.121. The van der Waals surface area contributed by atoms with Crippen molar-refractivity contribution >= 4 is 17.3 Å². The standard InChI is InChI=1S/C9H13N3O/c1-11-8-5-6(10)3-4-7(8)9(13)12-2/h3-5,11H,10H2,1-2H3,(H,12,13). The molecule has 13 heavy (non-hydrogen) atoms. The molecule has 0 fully saturated rings. The number of rotatable bonds is 2. The van der Waals surface area contributed by atoms with Crippen molar-refractivity contribution in [2.45, 2.75) is 0 Å². The fourth-order valence-corrected chi connectivity index (χ4v) is 1.10. The van der Waals surface area contributed by atoms with Gasteiger partial charge in [0.15, 0.2) is 0 Å². The zero-order valence-electron chi connectivity index (χ0n) is 7.72. The van der Waals surface area contributed by atoms with E-state index in [4.69, 9.17) is 5.73 Å². The van der Waals surface area contributed by atoms with Crippen molar-refractivity contribution in [2.24, 2.45) is 0 Å². The molecule has 4 heteroatoms. The summed E-state index contributed by atoms with van der Waals surface area (Å²) in [6.07, 6.45) is 0.